The van der Waals surface area contributed by atoms with E-state index in [1.54, 1.807) is 24.3 Å². The van der Waals surface area contributed by atoms with Gasteiger partial charge in [-0.15, -0.1) is 0 Å². The van der Waals surface area contributed by atoms with Gasteiger partial charge in [0.1, 0.15) is 17.3 Å². The normalized spacial score (nSPS) is 11.2. The quantitative estimate of drug-likeness (QED) is 0.882. The molecule has 6 heteroatoms. The average molecular weight is 299 g/mol. The third kappa shape index (κ3) is 4.15. The maximum atomic E-state index is 11.8. The highest BCUT2D eigenvalue weighted by Gasteiger charge is 2.14. The monoisotopic (exact) mass is 298 g/mol. The molecule has 0 radical (unpaired) electrons. The minimum Gasteiger partial charge on any atom is -0.508 e. The third-order valence-electron chi connectivity index (χ3n) is 2.32. The van der Waals surface area contributed by atoms with Gasteiger partial charge in [-0.3, -0.25) is 0 Å². The zero-order valence-corrected chi connectivity index (χ0v) is 11.4. The summed E-state index contributed by atoms with van der Waals surface area (Å²) in [6.07, 6.45) is 0. The third-order valence-corrected chi connectivity index (χ3v) is 3.70. The number of hydrogen-bond donors (Lipinski definition) is 1. The van der Waals surface area contributed by atoms with E-state index in [4.69, 9.17) is 20.9 Å². The summed E-state index contributed by atoms with van der Waals surface area (Å²) < 4.78 is 28.6. The molecular formula is C13H11ClO4S. The second-order valence-corrected chi connectivity index (χ2v) is 5.91. The van der Waals surface area contributed by atoms with E-state index in [0.29, 0.717) is 10.6 Å². The van der Waals surface area contributed by atoms with Crippen molar-refractivity contribution in [3.8, 4) is 11.5 Å². The molecule has 0 fully saturated rings. The van der Waals surface area contributed by atoms with Crippen molar-refractivity contribution in [1.29, 1.82) is 0 Å². The Balaban J connectivity index is 2.10. The predicted octanol–water partition coefficient (Wildman–Crippen LogP) is 2.95. The summed E-state index contributed by atoms with van der Waals surface area (Å²) in [5.74, 6) is -0.0420. The highest BCUT2D eigenvalue weighted by atomic mass is 35.5. The van der Waals surface area contributed by atoms with Gasteiger partial charge in [-0.2, -0.15) is 8.42 Å². The van der Waals surface area contributed by atoms with Gasteiger partial charge in [0.05, 0.1) is 0 Å². The molecule has 0 saturated carbocycles. The van der Waals surface area contributed by atoms with Crippen LogP contribution in [0.15, 0.2) is 48.5 Å². The van der Waals surface area contributed by atoms with Crippen LogP contribution in [0.5, 0.6) is 11.5 Å². The number of halogens is 1. The Hall–Kier alpha value is -1.72. The van der Waals surface area contributed by atoms with Crippen molar-refractivity contribution in [2.75, 3.05) is 0 Å². The van der Waals surface area contributed by atoms with Crippen molar-refractivity contribution in [1.82, 2.24) is 0 Å². The van der Waals surface area contributed by atoms with Crippen LogP contribution in [0.25, 0.3) is 0 Å². The van der Waals surface area contributed by atoms with E-state index in [1.807, 2.05) is 0 Å². The lowest BCUT2D eigenvalue weighted by Gasteiger charge is -2.07. The van der Waals surface area contributed by atoms with Crippen molar-refractivity contribution in [2.24, 2.45) is 0 Å². The SMILES string of the molecule is O=S(=O)(Cc1ccc(Cl)cc1)Oc1ccc(O)cc1. The highest BCUT2D eigenvalue weighted by molar-refractivity contribution is 7.86. The molecule has 0 aromatic heterocycles. The van der Waals surface area contributed by atoms with Crippen LogP contribution in [0.4, 0.5) is 0 Å². The van der Waals surface area contributed by atoms with E-state index in [0.717, 1.165) is 0 Å². The molecule has 0 bridgehead atoms. The van der Waals surface area contributed by atoms with E-state index in [1.165, 1.54) is 24.3 Å². The lowest BCUT2D eigenvalue weighted by molar-refractivity contribution is 0.468. The molecule has 0 aliphatic rings. The number of rotatable bonds is 4. The smallest absolute Gasteiger partial charge is 0.313 e. The summed E-state index contributed by atoms with van der Waals surface area (Å²) in [5.41, 5.74) is 0.586. The van der Waals surface area contributed by atoms with Crippen LogP contribution in [-0.4, -0.2) is 13.5 Å². The maximum Gasteiger partial charge on any atom is 0.313 e. The average Bonchev–Trinajstić information content (AvgIpc) is 2.34. The van der Waals surface area contributed by atoms with E-state index < -0.39 is 10.1 Å². The molecule has 19 heavy (non-hydrogen) atoms. The first-order valence-corrected chi connectivity index (χ1v) is 7.36. The van der Waals surface area contributed by atoms with Crippen LogP contribution >= 0.6 is 11.6 Å². The van der Waals surface area contributed by atoms with Crippen LogP contribution < -0.4 is 4.18 Å². The summed E-state index contributed by atoms with van der Waals surface area (Å²) >= 11 is 5.72. The van der Waals surface area contributed by atoms with Gasteiger partial charge < -0.3 is 9.29 Å². The lowest BCUT2D eigenvalue weighted by atomic mass is 10.2. The summed E-state index contributed by atoms with van der Waals surface area (Å²) in [6.45, 7) is 0. The molecule has 0 aliphatic heterocycles. The van der Waals surface area contributed by atoms with Crippen LogP contribution in [0.2, 0.25) is 5.02 Å². The Morgan fingerprint density at radius 3 is 2.16 bits per heavy atom. The van der Waals surface area contributed by atoms with Crippen LogP contribution in [-0.2, 0) is 15.9 Å². The molecule has 0 amide bonds. The Morgan fingerprint density at radius 2 is 1.58 bits per heavy atom. The van der Waals surface area contributed by atoms with Crippen molar-refractivity contribution in [2.45, 2.75) is 5.75 Å². The predicted molar refractivity (Wildman–Crippen MR) is 72.8 cm³/mol. The van der Waals surface area contributed by atoms with Gasteiger partial charge in [0.2, 0.25) is 0 Å². The van der Waals surface area contributed by atoms with Gasteiger partial charge in [-0.25, -0.2) is 0 Å². The Morgan fingerprint density at radius 1 is 1.00 bits per heavy atom. The second-order valence-electron chi connectivity index (χ2n) is 3.91. The molecule has 0 heterocycles. The van der Waals surface area contributed by atoms with Crippen molar-refractivity contribution < 1.29 is 17.7 Å². The van der Waals surface area contributed by atoms with Gasteiger partial charge in [-0.1, -0.05) is 23.7 Å². The summed E-state index contributed by atoms with van der Waals surface area (Å²) in [7, 11) is -3.74. The van der Waals surface area contributed by atoms with Crippen LogP contribution in [0, 0.1) is 0 Å². The van der Waals surface area contributed by atoms with Gasteiger partial charge in [0, 0.05) is 5.02 Å². The van der Waals surface area contributed by atoms with Crippen molar-refractivity contribution in [3.63, 3.8) is 0 Å². The summed E-state index contributed by atoms with van der Waals surface area (Å²) in [6, 6.07) is 12.0. The van der Waals surface area contributed by atoms with E-state index in [-0.39, 0.29) is 17.3 Å². The lowest BCUT2D eigenvalue weighted by Crippen LogP contribution is -2.11. The second kappa shape index (κ2) is 5.50. The summed E-state index contributed by atoms with van der Waals surface area (Å²) in [4.78, 5) is 0. The fourth-order valence-corrected chi connectivity index (χ4v) is 2.65. The Labute approximate surface area is 116 Å². The molecular weight excluding hydrogens is 288 g/mol. The zero-order valence-electron chi connectivity index (χ0n) is 9.78. The fraction of sp³-hybridized carbons (Fsp3) is 0.0769. The van der Waals surface area contributed by atoms with E-state index in [9.17, 15) is 8.42 Å². The number of hydrogen-bond acceptors (Lipinski definition) is 4. The topological polar surface area (TPSA) is 63.6 Å². The molecule has 2 rings (SSSR count). The van der Waals surface area contributed by atoms with Gasteiger partial charge in [0.25, 0.3) is 0 Å². The maximum absolute atomic E-state index is 11.8. The Kier molecular flexibility index (Phi) is 3.97. The summed E-state index contributed by atoms with van der Waals surface area (Å²) in [5, 5.41) is 9.64. The first-order valence-electron chi connectivity index (χ1n) is 5.40. The minimum atomic E-state index is -3.74. The van der Waals surface area contributed by atoms with Crippen molar-refractivity contribution in [3.05, 3.63) is 59.1 Å². The molecule has 100 valence electrons. The number of aromatic hydroxyl groups is 1. The van der Waals surface area contributed by atoms with E-state index in [2.05, 4.69) is 0 Å². The molecule has 2 aromatic rings. The minimum absolute atomic E-state index is 0.0439. The largest absolute Gasteiger partial charge is 0.508 e. The zero-order chi connectivity index (χ0) is 13.9. The first-order chi connectivity index (χ1) is 8.94. The van der Waals surface area contributed by atoms with E-state index >= 15 is 0 Å². The Bertz CT molecular complexity index is 595. The molecule has 0 spiro atoms. The van der Waals surface area contributed by atoms with Gasteiger partial charge in [0.15, 0.2) is 0 Å². The molecule has 0 atom stereocenters. The fourth-order valence-electron chi connectivity index (χ4n) is 1.46. The number of benzene rings is 2. The van der Waals surface area contributed by atoms with Crippen LogP contribution in [0.1, 0.15) is 5.56 Å². The standard InChI is InChI=1S/C13H11ClO4S/c14-11-3-1-10(2-4-11)9-19(16,17)18-13-7-5-12(15)6-8-13/h1-8,15H,9H2. The highest BCUT2D eigenvalue weighted by Crippen LogP contribution is 2.19. The number of phenolic OH excluding ortho intramolecular Hbond substituents is 1. The molecule has 2 aromatic carbocycles. The van der Waals surface area contributed by atoms with Crippen LogP contribution in [0.3, 0.4) is 0 Å². The molecule has 0 unspecified atom stereocenters. The molecule has 4 nitrogen and oxygen atoms in total. The first kappa shape index (κ1) is 13.7. The van der Waals surface area contributed by atoms with Gasteiger partial charge in [-0.05, 0) is 42.0 Å². The van der Waals surface area contributed by atoms with Gasteiger partial charge >= 0.3 is 10.1 Å². The molecule has 0 saturated heterocycles. The molecule has 1 N–H and O–H groups in total. The van der Waals surface area contributed by atoms with Crippen molar-refractivity contribution >= 4 is 21.7 Å². The molecule has 0 aliphatic carbocycles. The number of phenols is 1.